The van der Waals surface area contributed by atoms with Crippen LogP contribution in [-0.4, -0.2) is 40.3 Å². The smallest absolute Gasteiger partial charge is 0.340 e. The van der Waals surface area contributed by atoms with E-state index in [4.69, 9.17) is 21.1 Å². The Balaban J connectivity index is 1.62. The van der Waals surface area contributed by atoms with Crippen molar-refractivity contribution in [3.05, 3.63) is 101 Å². The number of halogens is 1. The van der Waals surface area contributed by atoms with Crippen LogP contribution in [0.15, 0.2) is 85.1 Å². The first-order valence-electron chi connectivity index (χ1n) is 11.8. The summed E-state index contributed by atoms with van der Waals surface area (Å²) in [5, 5.41) is 10.4. The topological polar surface area (TPSA) is 112 Å². The Morgan fingerprint density at radius 2 is 1.61 bits per heavy atom. The van der Waals surface area contributed by atoms with Crippen LogP contribution in [0.3, 0.4) is 0 Å². The lowest BCUT2D eigenvalue weighted by molar-refractivity contribution is -0.122. The molecule has 2 amide bonds. The van der Waals surface area contributed by atoms with Crippen molar-refractivity contribution in [1.29, 1.82) is 0 Å². The van der Waals surface area contributed by atoms with E-state index < -0.39 is 23.9 Å². The van der Waals surface area contributed by atoms with E-state index in [0.29, 0.717) is 16.5 Å². The number of nitrogens with one attached hydrogen (secondary N) is 2. The van der Waals surface area contributed by atoms with Gasteiger partial charge in [-0.1, -0.05) is 41.9 Å². The van der Waals surface area contributed by atoms with Crippen LogP contribution < -0.4 is 15.4 Å². The van der Waals surface area contributed by atoms with Crippen LogP contribution in [0.4, 0.5) is 11.5 Å². The number of ether oxygens (including phenoxy) is 2. The first-order valence-corrected chi connectivity index (χ1v) is 12.2. The van der Waals surface area contributed by atoms with Gasteiger partial charge < -0.3 is 20.1 Å². The second-order valence-electron chi connectivity index (χ2n) is 8.08. The highest BCUT2D eigenvalue weighted by Gasteiger charge is 2.25. The van der Waals surface area contributed by atoms with Crippen LogP contribution in [-0.2, 0) is 9.53 Å². The first kappa shape index (κ1) is 26.4. The van der Waals surface area contributed by atoms with E-state index in [-0.39, 0.29) is 29.2 Å². The number of benzene rings is 3. The van der Waals surface area contributed by atoms with Gasteiger partial charge in [-0.25, -0.2) is 9.48 Å². The maximum atomic E-state index is 13.4. The van der Waals surface area contributed by atoms with Crippen LogP contribution in [0.5, 0.6) is 5.75 Å². The number of nitrogens with zero attached hydrogens (tertiary/aromatic N) is 2. The van der Waals surface area contributed by atoms with Crippen molar-refractivity contribution in [3.63, 3.8) is 0 Å². The molecule has 0 spiro atoms. The number of aromatic nitrogens is 2. The van der Waals surface area contributed by atoms with Crippen LogP contribution in [0.25, 0.3) is 5.69 Å². The molecule has 38 heavy (non-hydrogen) atoms. The highest BCUT2D eigenvalue weighted by Crippen LogP contribution is 2.24. The van der Waals surface area contributed by atoms with Gasteiger partial charge in [0.15, 0.2) is 6.10 Å². The maximum absolute atomic E-state index is 13.4. The monoisotopic (exact) mass is 532 g/mol. The number of rotatable bonds is 9. The van der Waals surface area contributed by atoms with Crippen molar-refractivity contribution in [2.24, 2.45) is 0 Å². The lowest BCUT2D eigenvalue weighted by atomic mass is 10.1. The van der Waals surface area contributed by atoms with Gasteiger partial charge in [0, 0.05) is 5.02 Å². The number of anilines is 2. The molecule has 9 nitrogen and oxygen atoms in total. The number of esters is 1. The molecule has 4 rings (SSSR count). The summed E-state index contributed by atoms with van der Waals surface area (Å²) in [6.45, 7) is 3.48. The molecule has 0 unspecified atom stereocenters. The molecule has 10 heteroatoms. The number of amides is 2. The molecule has 0 fully saturated rings. The van der Waals surface area contributed by atoms with Crippen molar-refractivity contribution in [3.8, 4) is 11.4 Å². The number of hydrogen-bond acceptors (Lipinski definition) is 6. The predicted molar refractivity (Wildman–Crippen MR) is 144 cm³/mol. The first-order chi connectivity index (χ1) is 18.4. The van der Waals surface area contributed by atoms with E-state index in [1.807, 2.05) is 18.2 Å². The molecule has 0 aliphatic heterocycles. The molecule has 0 radical (unpaired) electrons. The van der Waals surface area contributed by atoms with Gasteiger partial charge in [-0.15, -0.1) is 0 Å². The molecule has 0 bridgehead atoms. The average Bonchev–Trinajstić information content (AvgIpc) is 3.34. The van der Waals surface area contributed by atoms with Crippen molar-refractivity contribution in [2.75, 3.05) is 17.2 Å². The number of carbonyl (C=O) groups is 3. The predicted octanol–water partition coefficient (Wildman–Crippen LogP) is 5.36. The molecule has 0 aliphatic rings. The zero-order valence-corrected chi connectivity index (χ0v) is 21.4. The molecule has 4 aromatic rings. The Hall–Kier alpha value is -4.63. The van der Waals surface area contributed by atoms with Crippen LogP contribution in [0.2, 0.25) is 5.02 Å². The Labute approximate surface area is 224 Å². The summed E-state index contributed by atoms with van der Waals surface area (Å²) < 4.78 is 12.3. The average molecular weight is 533 g/mol. The molecule has 3 aromatic carbocycles. The summed E-state index contributed by atoms with van der Waals surface area (Å²) in [7, 11) is 0. The van der Waals surface area contributed by atoms with E-state index in [0.717, 1.165) is 0 Å². The Morgan fingerprint density at radius 1 is 0.921 bits per heavy atom. The summed E-state index contributed by atoms with van der Waals surface area (Å²) in [6, 6.07) is 22.1. The fourth-order valence-corrected chi connectivity index (χ4v) is 3.68. The van der Waals surface area contributed by atoms with Crippen LogP contribution >= 0.6 is 11.6 Å². The molecule has 1 atom stereocenters. The second-order valence-corrected chi connectivity index (χ2v) is 8.51. The standard InChI is InChI=1S/C28H25ClN4O5/c1-3-37-28(36)22-11-7-8-12-24(22)31-27(35)23-17-30-33(20-9-5-4-6-10-20)25(23)32-26(34)18(2)38-21-15-13-19(29)14-16-21/h4-18H,3H2,1-2H3,(H,31,35)(H,32,34)/t18-/m0/s1. The summed E-state index contributed by atoms with van der Waals surface area (Å²) in [5.74, 6) is -1.05. The largest absolute Gasteiger partial charge is 0.481 e. The minimum atomic E-state index is -0.907. The third-order valence-corrected chi connectivity index (χ3v) is 5.67. The molecular weight excluding hydrogens is 508 g/mol. The maximum Gasteiger partial charge on any atom is 0.340 e. The molecule has 194 valence electrons. The number of para-hydroxylation sites is 2. The molecule has 0 saturated heterocycles. The SMILES string of the molecule is CCOC(=O)c1ccccc1NC(=O)c1cnn(-c2ccccc2)c1NC(=O)[C@H](C)Oc1ccc(Cl)cc1. The van der Waals surface area contributed by atoms with E-state index in [9.17, 15) is 14.4 Å². The molecule has 1 aromatic heterocycles. The quantitative estimate of drug-likeness (QED) is 0.281. The van der Waals surface area contributed by atoms with Crippen molar-refractivity contribution in [1.82, 2.24) is 9.78 Å². The third-order valence-electron chi connectivity index (χ3n) is 5.42. The molecule has 1 heterocycles. The second kappa shape index (κ2) is 12.1. The van der Waals surface area contributed by atoms with Gasteiger partial charge in [0.1, 0.15) is 17.1 Å². The fraction of sp³-hybridized carbons (Fsp3) is 0.143. The van der Waals surface area contributed by atoms with Gasteiger partial charge in [0.05, 0.1) is 29.7 Å². The van der Waals surface area contributed by atoms with Crippen LogP contribution in [0.1, 0.15) is 34.6 Å². The summed E-state index contributed by atoms with van der Waals surface area (Å²) in [4.78, 5) is 38.9. The molecular formula is C28H25ClN4O5. The van der Waals surface area contributed by atoms with Gasteiger partial charge in [0.25, 0.3) is 11.8 Å². The lowest BCUT2D eigenvalue weighted by Crippen LogP contribution is -2.31. The van der Waals surface area contributed by atoms with Crippen molar-refractivity contribution < 1.29 is 23.9 Å². The number of carbonyl (C=O) groups excluding carboxylic acids is 3. The van der Waals surface area contributed by atoms with Crippen molar-refractivity contribution in [2.45, 2.75) is 20.0 Å². The minimum Gasteiger partial charge on any atom is -0.481 e. The van der Waals surface area contributed by atoms with E-state index in [2.05, 4.69) is 15.7 Å². The Kier molecular flexibility index (Phi) is 8.40. The van der Waals surface area contributed by atoms with E-state index in [1.165, 1.54) is 10.9 Å². The van der Waals surface area contributed by atoms with Gasteiger partial charge in [-0.2, -0.15) is 5.10 Å². The van der Waals surface area contributed by atoms with Crippen molar-refractivity contribution >= 4 is 40.9 Å². The number of hydrogen-bond donors (Lipinski definition) is 2. The summed E-state index contributed by atoms with van der Waals surface area (Å²) in [5.41, 5.74) is 1.17. The van der Waals surface area contributed by atoms with Gasteiger partial charge in [-0.3, -0.25) is 9.59 Å². The summed E-state index contributed by atoms with van der Waals surface area (Å²) in [6.07, 6.45) is 0.436. The highest BCUT2D eigenvalue weighted by molar-refractivity contribution is 6.30. The molecule has 0 saturated carbocycles. The lowest BCUT2D eigenvalue weighted by Gasteiger charge is -2.17. The van der Waals surface area contributed by atoms with Crippen LogP contribution in [0, 0.1) is 0 Å². The van der Waals surface area contributed by atoms with E-state index in [1.54, 1.807) is 74.5 Å². The molecule has 2 N–H and O–H groups in total. The minimum absolute atomic E-state index is 0.0829. The third kappa shape index (κ3) is 6.19. The Bertz CT molecular complexity index is 1440. The van der Waals surface area contributed by atoms with Gasteiger partial charge >= 0.3 is 5.97 Å². The normalized spacial score (nSPS) is 11.3. The zero-order valence-electron chi connectivity index (χ0n) is 20.7. The van der Waals surface area contributed by atoms with E-state index >= 15 is 0 Å². The highest BCUT2D eigenvalue weighted by atomic mass is 35.5. The summed E-state index contributed by atoms with van der Waals surface area (Å²) >= 11 is 5.92. The van der Waals surface area contributed by atoms with Gasteiger partial charge in [-0.05, 0) is 62.4 Å². The zero-order chi connectivity index (χ0) is 27.1. The van der Waals surface area contributed by atoms with Gasteiger partial charge in [0.2, 0.25) is 0 Å². The molecule has 0 aliphatic carbocycles. The fourth-order valence-electron chi connectivity index (χ4n) is 3.56. The Morgan fingerprint density at radius 3 is 2.32 bits per heavy atom.